The molecule has 1 heterocycles. The molecule has 5 nitrogen and oxygen atoms in total. The predicted molar refractivity (Wildman–Crippen MR) is 102 cm³/mol. The van der Waals surface area contributed by atoms with Crippen LogP contribution in [0.1, 0.15) is 57.8 Å². The topological polar surface area (TPSA) is 48.9 Å². The first-order chi connectivity index (χ1) is 11.8. The molecular formula is C19H38N4O. The fraction of sp³-hybridized carbons (Fsp3) is 0.947. The number of ether oxygens (including phenoxy) is 1. The molecule has 0 spiro atoms. The third-order valence-electron chi connectivity index (χ3n) is 5.75. The van der Waals surface area contributed by atoms with Crippen LogP contribution in [0, 0.1) is 5.41 Å². The maximum atomic E-state index is 5.27. The SMILES string of the molecule is CN=C(NCCCN1CCCCCC1)NCC1(CCOC)CCC1. The molecule has 0 unspecified atom stereocenters. The first kappa shape index (κ1) is 19.5. The molecule has 140 valence electrons. The van der Waals surface area contributed by atoms with Crippen LogP contribution in [0.3, 0.4) is 0 Å². The molecule has 2 N–H and O–H groups in total. The van der Waals surface area contributed by atoms with E-state index in [1.54, 1.807) is 7.11 Å². The number of nitrogens with zero attached hydrogens (tertiary/aromatic N) is 2. The van der Waals surface area contributed by atoms with E-state index in [9.17, 15) is 0 Å². The summed E-state index contributed by atoms with van der Waals surface area (Å²) in [5.74, 6) is 0.953. The number of aliphatic imine (C=N–C) groups is 1. The van der Waals surface area contributed by atoms with Crippen molar-refractivity contribution in [3.8, 4) is 0 Å². The third kappa shape index (κ3) is 6.60. The number of nitrogens with one attached hydrogen (secondary N) is 2. The highest BCUT2D eigenvalue weighted by Gasteiger charge is 2.36. The van der Waals surface area contributed by atoms with Crippen molar-refractivity contribution < 1.29 is 4.74 Å². The van der Waals surface area contributed by atoms with Crippen molar-refractivity contribution in [1.82, 2.24) is 15.5 Å². The predicted octanol–water partition coefficient (Wildman–Crippen LogP) is 2.62. The molecule has 1 saturated carbocycles. The average Bonchev–Trinajstić information content (AvgIpc) is 2.84. The summed E-state index contributed by atoms with van der Waals surface area (Å²) >= 11 is 0. The monoisotopic (exact) mass is 338 g/mol. The highest BCUT2D eigenvalue weighted by atomic mass is 16.5. The van der Waals surface area contributed by atoms with Crippen LogP contribution in [0.4, 0.5) is 0 Å². The van der Waals surface area contributed by atoms with E-state index < -0.39 is 0 Å². The Morgan fingerprint density at radius 1 is 1.08 bits per heavy atom. The summed E-state index contributed by atoms with van der Waals surface area (Å²) in [6.45, 7) is 6.67. The minimum Gasteiger partial charge on any atom is -0.385 e. The van der Waals surface area contributed by atoms with Gasteiger partial charge in [0.1, 0.15) is 0 Å². The molecule has 0 aromatic carbocycles. The van der Waals surface area contributed by atoms with Crippen molar-refractivity contribution in [2.45, 2.75) is 57.8 Å². The minimum absolute atomic E-state index is 0.430. The molecule has 0 radical (unpaired) electrons. The molecule has 0 amide bonds. The summed E-state index contributed by atoms with van der Waals surface area (Å²) in [5, 5.41) is 7.02. The van der Waals surface area contributed by atoms with Gasteiger partial charge < -0.3 is 20.3 Å². The van der Waals surface area contributed by atoms with Gasteiger partial charge in [0.05, 0.1) is 0 Å². The van der Waals surface area contributed by atoms with Gasteiger partial charge in [0.25, 0.3) is 0 Å². The van der Waals surface area contributed by atoms with Crippen LogP contribution in [0.15, 0.2) is 4.99 Å². The van der Waals surface area contributed by atoms with Gasteiger partial charge >= 0.3 is 0 Å². The molecule has 5 heteroatoms. The molecular weight excluding hydrogens is 300 g/mol. The lowest BCUT2D eigenvalue weighted by Gasteiger charge is -2.42. The molecule has 24 heavy (non-hydrogen) atoms. The number of likely N-dealkylation sites (tertiary alicyclic amines) is 1. The lowest BCUT2D eigenvalue weighted by molar-refractivity contribution is 0.0732. The first-order valence-corrected chi connectivity index (χ1v) is 9.94. The smallest absolute Gasteiger partial charge is 0.190 e. The fourth-order valence-electron chi connectivity index (χ4n) is 3.87. The van der Waals surface area contributed by atoms with Crippen molar-refractivity contribution in [3.63, 3.8) is 0 Å². The maximum absolute atomic E-state index is 5.27. The van der Waals surface area contributed by atoms with E-state index in [2.05, 4.69) is 20.5 Å². The second-order valence-corrected chi connectivity index (χ2v) is 7.56. The van der Waals surface area contributed by atoms with Crippen molar-refractivity contribution in [3.05, 3.63) is 0 Å². The Kier molecular flexibility index (Phi) is 8.89. The Morgan fingerprint density at radius 2 is 1.83 bits per heavy atom. The second kappa shape index (κ2) is 10.9. The van der Waals surface area contributed by atoms with Crippen molar-refractivity contribution in [2.75, 3.05) is 53.5 Å². The van der Waals surface area contributed by atoms with Crippen LogP contribution in [0.5, 0.6) is 0 Å². The van der Waals surface area contributed by atoms with Crippen LogP contribution >= 0.6 is 0 Å². The van der Waals surface area contributed by atoms with Crippen LogP contribution in [0.25, 0.3) is 0 Å². The summed E-state index contributed by atoms with van der Waals surface area (Å²) in [6, 6.07) is 0. The Labute approximate surface area is 148 Å². The van der Waals surface area contributed by atoms with Gasteiger partial charge in [-0.1, -0.05) is 19.3 Å². The molecule has 0 aromatic heterocycles. The third-order valence-corrected chi connectivity index (χ3v) is 5.75. The van der Waals surface area contributed by atoms with Gasteiger partial charge in [-0.15, -0.1) is 0 Å². The van der Waals surface area contributed by atoms with Gasteiger partial charge in [-0.05, 0) is 63.6 Å². The number of hydrogen-bond acceptors (Lipinski definition) is 3. The summed E-state index contributed by atoms with van der Waals surface area (Å²) in [4.78, 5) is 7.00. The molecule has 0 atom stereocenters. The zero-order valence-electron chi connectivity index (χ0n) is 15.9. The number of rotatable bonds is 9. The zero-order valence-corrected chi connectivity index (χ0v) is 15.9. The summed E-state index contributed by atoms with van der Waals surface area (Å²) in [7, 11) is 3.66. The van der Waals surface area contributed by atoms with E-state index in [1.165, 1.54) is 71.0 Å². The number of hydrogen-bond donors (Lipinski definition) is 2. The Morgan fingerprint density at radius 3 is 2.42 bits per heavy atom. The maximum Gasteiger partial charge on any atom is 0.190 e. The van der Waals surface area contributed by atoms with E-state index in [0.717, 1.165) is 32.1 Å². The quantitative estimate of drug-likeness (QED) is 0.385. The summed E-state index contributed by atoms with van der Waals surface area (Å²) in [5.41, 5.74) is 0.430. The molecule has 0 bridgehead atoms. The van der Waals surface area contributed by atoms with Crippen LogP contribution in [-0.2, 0) is 4.74 Å². The Bertz CT molecular complexity index is 360. The minimum atomic E-state index is 0.430. The van der Waals surface area contributed by atoms with E-state index >= 15 is 0 Å². The number of guanidine groups is 1. The van der Waals surface area contributed by atoms with E-state index in [-0.39, 0.29) is 0 Å². The molecule has 2 rings (SSSR count). The highest BCUT2D eigenvalue weighted by molar-refractivity contribution is 5.79. The summed E-state index contributed by atoms with van der Waals surface area (Å²) in [6.07, 6.45) is 11.9. The molecule has 2 fully saturated rings. The average molecular weight is 339 g/mol. The largest absolute Gasteiger partial charge is 0.385 e. The molecule has 2 aliphatic rings. The highest BCUT2D eigenvalue weighted by Crippen LogP contribution is 2.43. The first-order valence-electron chi connectivity index (χ1n) is 9.94. The molecule has 0 aromatic rings. The van der Waals surface area contributed by atoms with Gasteiger partial charge in [0.15, 0.2) is 5.96 Å². The van der Waals surface area contributed by atoms with Gasteiger partial charge in [0, 0.05) is 33.9 Å². The van der Waals surface area contributed by atoms with Crippen LogP contribution in [-0.4, -0.2) is 64.3 Å². The standard InChI is InChI=1S/C19H38N4O/c1-20-18(22-17-19(9-7-10-19)11-16-24-2)21-12-8-15-23-13-5-3-4-6-14-23/h3-17H2,1-2H3,(H2,20,21,22). The van der Waals surface area contributed by atoms with Gasteiger partial charge in [0.2, 0.25) is 0 Å². The van der Waals surface area contributed by atoms with Gasteiger partial charge in [-0.25, -0.2) is 0 Å². The second-order valence-electron chi connectivity index (χ2n) is 7.56. The Balaban J connectivity index is 1.60. The zero-order chi connectivity index (χ0) is 17.1. The van der Waals surface area contributed by atoms with Crippen molar-refractivity contribution >= 4 is 5.96 Å². The van der Waals surface area contributed by atoms with Crippen LogP contribution < -0.4 is 10.6 Å². The number of methoxy groups -OCH3 is 1. The molecule has 1 saturated heterocycles. The summed E-state index contributed by atoms with van der Waals surface area (Å²) < 4.78 is 5.27. The lowest BCUT2D eigenvalue weighted by atomic mass is 9.67. The Hall–Kier alpha value is -0.810. The lowest BCUT2D eigenvalue weighted by Crippen LogP contribution is -2.47. The van der Waals surface area contributed by atoms with Crippen molar-refractivity contribution in [1.29, 1.82) is 0 Å². The van der Waals surface area contributed by atoms with Crippen LogP contribution in [0.2, 0.25) is 0 Å². The normalized spacial score (nSPS) is 21.8. The fourth-order valence-corrected chi connectivity index (χ4v) is 3.87. The van der Waals surface area contributed by atoms with Gasteiger partial charge in [-0.3, -0.25) is 4.99 Å². The van der Waals surface area contributed by atoms with Gasteiger partial charge in [-0.2, -0.15) is 0 Å². The van der Waals surface area contributed by atoms with E-state index in [1.807, 2.05) is 7.05 Å². The molecule has 1 aliphatic heterocycles. The van der Waals surface area contributed by atoms with E-state index in [0.29, 0.717) is 5.41 Å². The van der Waals surface area contributed by atoms with Crippen molar-refractivity contribution in [2.24, 2.45) is 10.4 Å². The molecule has 1 aliphatic carbocycles. The van der Waals surface area contributed by atoms with E-state index in [4.69, 9.17) is 4.74 Å².